The molecule has 0 spiro atoms. The first-order valence-electron chi connectivity index (χ1n) is 5.04. The van der Waals surface area contributed by atoms with Gasteiger partial charge in [-0.3, -0.25) is 4.55 Å². The molecule has 3 rings (SSSR count). The second-order valence-electron chi connectivity index (χ2n) is 3.84. The van der Waals surface area contributed by atoms with Crippen LogP contribution in [0.25, 0.3) is 21.7 Å². The monoisotopic (exact) mass is 247 g/mol. The molecule has 1 aromatic heterocycles. The van der Waals surface area contributed by atoms with E-state index in [9.17, 15) is 8.42 Å². The average Bonchev–Trinajstić information content (AvgIpc) is 2.72. The second kappa shape index (κ2) is 3.32. The number of nitrogens with one attached hydrogen (secondary N) is 1. The Balaban J connectivity index is 2.52. The summed E-state index contributed by atoms with van der Waals surface area (Å²) in [5, 5.41) is 2.45. The number of hydrogen-bond acceptors (Lipinski definition) is 2. The zero-order valence-corrected chi connectivity index (χ0v) is 9.53. The molecule has 5 heteroatoms. The fourth-order valence-corrected chi connectivity index (χ4v) is 2.72. The fraction of sp³-hybridized carbons (Fsp3) is 0. The van der Waals surface area contributed by atoms with Gasteiger partial charge in [0.15, 0.2) is 0 Å². The number of hydrogen-bond donors (Lipinski definition) is 2. The summed E-state index contributed by atoms with van der Waals surface area (Å²) in [7, 11) is -4.19. The van der Waals surface area contributed by atoms with Crippen LogP contribution in [0.15, 0.2) is 47.5 Å². The van der Waals surface area contributed by atoms with Crippen LogP contribution in [0.1, 0.15) is 0 Å². The standard InChI is InChI=1S/C12H9NO3S/c14-17(15,16)11-7-13-12-9-4-2-1-3-8(9)5-6-10(11)12/h1-7,13H,(H,14,15,16). The van der Waals surface area contributed by atoms with Crippen LogP contribution < -0.4 is 0 Å². The first-order chi connectivity index (χ1) is 8.07. The number of H-pyrrole nitrogens is 1. The lowest BCUT2D eigenvalue weighted by atomic mass is 10.1. The Kier molecular flexibility index (Phi) is 2.01. The van der Waals surface area contributed by atoms with Gasteiger partial charge in [-0.2, -0.15) is 8.42 Å². The summed E-state index contributed by atoms with van der Waals surface area (Å²) in [6, 6.07) is 11.2. The van der Waals surface area contributed by atoms with Crippen molar-refractivity contribution >= 4 is 31.8 Å². The summed E-state index contributed by atoms with van der Waals surface area (Å²) in [5.41, 5.74) is 0.718. The van der Waals surface area contributed by atoms with E-state index < -0.39 is 10.1 Å². The van der Waals surface area contributed by atoms with E-state index in [4.69, 9.17) is 4.55 Å². The van der Waals surface area contributed by atoms with Crippen LogP contribution >= 0.6 is 0 Å². The van der Waals surface area contributed by atoms with E-state index in [0.29, 0.717) is 5.39 Å². The smallest absolute Gasteiger partial charge is 0.296 e. The molecule has 0 bridgehead atoms. The van der Waals surface area contributed by atoms with Crippen LogP contribution in [-0.2, 0) is 10.1 Å². The maximum Gasteiger partial charge on any atom is 0.296 e. The maximum absolute atomic E-state index is 11.2. The number of benzene rings is 2. The molecule has 86 valence electrons. The molecular weight excluding hydrogens is 238 g/mol. The first kappa shape index (κ1) is 10.3. The van der Waals surface area contributed by atoms with Crippen molar-refractivity contribution in [1.82, 2.24) is 4.98 Å². The van der Waals surface area contributed by atoms with E-state index >= 15 is 0 Å². The van der Waals surface area contributed by atoms with Crippen LogP contribution in [0.5, 0.6) is 0 Å². The Labute approximate surface area is 97.6 Å². The van der Waals surface area contributed by atoms with Crippen molar-refractivity contribution in [2.75, 3.05) is 0 Å². The highest BCUT2D eigenvalue weighted by molar-refractivity contribution is 7.86. The molecule has 1 heterocycles. The van der Waals surface area contributed by atoms with Crippen molar-refractivity contribution in [2.45, 2.75) is 4.90 Å². The van der Waals surface area contributed by atoms with Crippen LogP contribution in [0.4, 0.5) is 0 Å². The van der Waals surface area contributed by atoms with E-state index in [0.717, 1.165) is 16.3 Å². The minimum atomic E-state index is -4.19. The summed E-state index contributed by atoms with van der Waals surface area (Å²) < 4.78 is 31.5. The van der Waals surface area contributed by atoms with Crippen molar-refractivity contribution in [3.8, 4) is 0 Å². The summed E-state index contributed by atoms with van der Waals surface area (Å²) in [6.45, 7) is 0. The Hall–Kier alpha value is -1.85. The fourth-order valence-electron chi connectivity index (χ4n) is 2.06. The third-order valence-corrected chi connectivity index (χ3v) is 3.71. The molecule has 0 fully saturated rings. The zero-order chi connectivity index (χ0) is 12.0. The van der Waals surface area contributed by atoms with Crippen molar-refractivity contribution in [3.05, 3.63) is 42.6 Å². The van der Waals surface area contributed by atoms with Gasteiger partial charge < -0.3 is 4.98 Å². The molecule has 17 heavy (non-hydrogen) atoms. The molecule has 4 nitrogen and oxygen atoms in total. The van der Waals surface area contributed by atoms with E-state index in [1.807, 2.05) is 30.3 Å². The molecule has 2 aromatic carbocycles. The lowest BCUT2D eigenvalue weighted by Crippen LogP contribution is -1.95. The molecular formula is C12H9NO3S. The number of aromatic nitrogens is 1. The van der Waals surface area contributed by atoms with Crippen molar-refractivity contribution < 1.29 is 13.0 Å². The molecule has 0 aliphatic heterocycles. The van der Waals surface area contributed by atoms with Crippen molar-refractivity contribution in [2.24, 2.45) is 0 Å². The molecule has 0 amide bonds. The molecule has 0 aliphatic carbocycles. The van der Waals surface area contributed by atoms with Gasteiger partial charge in [0.2, 0.25) is 0 Å². The Morgan fingerprint density at radius 1 is 1.00 bits per heavy atom. The van der Waals surface area contributed by atoms with Gasteiger partial charge in [-0.1, -0.05) is 36.4 Å². The van der Waals surface area contributed by atoms with Crippen LogP contribution in [0.2, 0.25) is 0 Å². The molecule has 0 atom stereocenters. The highest BCUT2D eigenvalue weighted by Gasteiger charge is 2.16. The number of rotatable bonds is 1. The molecule has 0 unspecified atom stereocenters. The number of fused-ring (bicyclic) bond motifs is 3. The van der Waals surface area contributed by atoms with Crippen molar-refractivity contribution in [1.29, 1.82) is 0 Å². The lowest BCUT2D eigenvalue weighted by Gasteiger charge is -1.99. The SMILES string of the molecule is O=S(=O)(O)c1c[nH]c2c1ccc1ccccc12. The second-order valence-corrected chi connectivity index (χ2v) is 5.23. The van der Waals surface area contributed by atoms with Gasteiger partial charge in [0.1, 0.15) is 4.90 Å². The summed E-state index contributed by atoms with van der Waals surface area (Å²) in [4.78, 5) is 2.81. The Bertz CT molecular complexity index is 818. The van der Waals surface area contributed by atoms with Gasteiger partial charge in [0.05, 0.1) is 5.52 Å². The largest absolute Gasteiger partial charge is 0.359 e. The Morgan fingerprint density at radius 2 is 1.76 bits per heavy atom. The predicted molar refractivity (Wildman–Crippen MR) is 65.6 cm³/mol. The lowest BCUT2D eigenvalue weighted by molar-refractivity contribution is 0.484. The number of aromatic amines is 1. The first-order valence-corrected chi connectivity index (χ1v) is 6.48. The van der Waals surface area contributed by atoms with Crippen LogP contribution in [0.3, 0.4) is 0 Å². The summed E-state index contributed by atoms with van der Waals surface area (Å²) in [6.07, 6.45) is 1.31. The maximum atomic E-state index is 11.2. The molecule has 0 radical (unpaired) electrons. The molecule has 0 saturated carbocycles. The van der Waals surface area contributed by atoms with Crippen LogP contribution in [0, 0.1) is 0 Å². The highest BCUT2D eigenvalue weighted by Crippen LogP contribution is 2.28. The topological polar surface area (TPSA) is 70.2 Å². The normalized spacial score (nSPS) is 12.3. The van der Waals surface area contributed by atoms with Gasteiger partial charge in [-0.15, -0.1) is 0 Å². The van der Waals surface area contributed by atoms with Crippen molar-refractivity contribution in [3.63, 3.8) is 0 Å². The van der Waals surface area contributed by atoms with E-state index in [-0.39, 0.29) is 4.90 Å². The third kappa shape index (κ3) is 1.51. The van der Waals surface area contributed by atoms with Gasteiger partial charge in [0, 0.05) is 17.0 Å². The van der Waals surface area contributed by atoms with E-state index in [1.54, 1.807) is 6.07 Å². The van der Waals surface area contributed by atoms with Gasteiger partial charge in [0.25, 0.3) is 10.1 Å². The minimum absolute atomic E-state index is 0.0850. The van der Waals surface area contributed by atoms with E-state index in [1.165, 1.54) is 6.20 Å². The quantitative estimate of drug-likeness (QED) is 0.649. The molecule has 2 N–H and O–H groups in total. The Morgan fingerprint density at radius 3 is 2.53 bits per heavy atom. The zero-order valence-electron chi connectivity index (χ0n) is 8.71. The van der Waals surface area contributed by atoms with Gasteiger partial charge in [-0.05, 0) is 5.39 Å². The summed E-state index contributed by atoms with van der Waals surface area (Å²) in [5.74, 6) is 0. The summed E-state index contributed by atoms with van der Waals surface area (Å²) >= 11 is 0. The molecule has 0 aliphatic rings. The third-order valence-electron chi connectivity index (χ3n) is 2.82. The van der Waals surface area contributed by atoms with Crippen LogP contribution in [-0.4, -0.2) is 18.0 Å². The van der Waals surface area contributed by atoms with Gasteiger partial charge in [-0.25, -0.2) is 0 Å². The van der Waals surface area contributed by atoms with E-state index in [2.05, 4.69) is 4.98 Å². The molecule has 3 aromatic rings. The highest BCUT2D eigenvalue weighted by atomic mass is 32.2. The average molecular weight is 247 g/mol. The molecule has 0 saturated heterocycles. The predicted octanol–water partition coefficient (Wildman–Crippen LogP) is 2.57. The van der Waals surface area contributed by atoms with Gasteiger partial charge >= 0.3 is 0 Å². The minimum Gasteiger partial charge on any atom is -0.359 e.